The van der Waals surface area contributed by atoms with E-state index in [1.807, 2.05) is 6.92 Å². The molecule has 0 bridgehead atoms. The van der Waals surface area contributed by atoms with Crippen molar-refractivity contribution in [3.05, 3.63) is 0 Å². The molecule has 0 N–H and O–H groups in total. The average Bonchev–Trinajstić information content (AvgIpc) is 3.00. The standard InChI is InChI=1S/C22H38O2/c1-15-7-6-10-21(4)11-8-19(17(3)23)22(5,20(15)21)13-16(2)18-9-12-24-14-18/h15-16,18-20H,6-14H2,1-5H3/t15?,16?,18?,19?,20?,21-,22+/m1/s1. The third-order valence-corrected chi connectivity index (χ3v) is 8.26. The largest absolute Gasteiger partial charge is 0.381 e. The van der Waals surface area contributed by atoms with Gasteiger partial charge in [0.1, 0.15) is 5.78 Å². The van der Waals surface area contributed by atoms with Gasteiger partial charge >= 0.3 is 0 Å². The third-order valence-electron chi connectivity index (χ3n) is 8.26. The lowest BCUT2D eigenvalue weighted by Gasteiger charge is -2.61. The molecule has 2 saturated carbocycles. The van der Waals surface area contributed by atoms with Gasteiger partial charge in [-0.25, -0.2) is 0 Å². The number of carbonyl (C=O) groups excluding carboxylic acids is 1. The van der Waals surface area contributed by atoms with Crippen molar-refractivity contribution in [1.29, 1.82) is 0 Å². The van der Waals surface area contributed by atoms with E-state index < -0.39 is 0 Å². The van der Waals surface area contributed by atoms with E-state index in [0.29, 0.717) is 29.0 Å². The van der Waals surface area contributed by atoms with Crippen LogP contribution in [0, 0.1) is 40.4 Å². The highest BCUT2D eigenvalue weighted by molar-refractivity contribution is 5.79. The lowest BCUT2D eigenvalue weighted by molar-refractivity contribution is -0.149. The summed E-state index contributed by atoms with van der Waals surface area (Å²) in [4.78, 5) is 12.6. The summed E-state index contributed by atoms with van der Waals surface area (Å²) in [5.41, 5.74) is 0.616. The fourth-order valence-electron chi connectivity index (χ4n) is 7.38. The number of ether oxygens (including phenoxy) is 1. The van der Waals surface area contributed by atoms with Crippen LogP contribution in [0.5, 0.6) is 0 Å². The molecule has 2 heteroatoms. The first-order valence-corrected chi connectivity index (χ1v) is 10.4. The molecule has 5 unspecified atom stereocenters. The number of Topliss-reactive ketones (excluding diaryl/α,β-unsaturated/α-hetero) is 1. The average molecular weight is 335 g/mol. The summed E-state index contributed by atoms with van der Waals surface area (Å²) < 4.78 is 5.66. The number of hydrogen-bond donors (Lipinski definition) is 0. The second-order valence-electron chi connectivity index (χ2n) is 10.0. The van der Waals surface area contributed by atoms with Gasteiger partial charge in [-0.05, 0) is 73.5 Å². The van der Waals surface area contributed by atoms with Crippen molar-refractivity contribution >= 4 is 5.78 Å². The molecule has 3 fully saturated rings. The summed E-state index contributed by atoms with van der Waals surface area (Å²) in [5.74, 6) is 3.51. The first-order valence-electron chi connectivity index (χ1n) is 10.4. The Hall–Kier alpha value is -0.370. The highest BCUT2D eigenvalue weighted by atomic mass is 16.5. The van der Waals surface area contributed by atoms with Gasteiger partial charge in [-0.3, -0.25) is 4.79 Å². The predicted molar refractivity (Wildman–Crippen MR) is 98.8 cm³/mol. The van der Waals surface area contributed by atoms with Gasteiger partial charge < -0.3 is 4.74 Å². The van der Waals surface area contributed by atoms with Crippen molar-refractivity contribution in [1.82, 2.24) is 0 Å². The highest BCUT2D eigenvalue weighted by Gasteiger charge is 2.57. The van der Waals surface area contributed by atoms with Gasteiger partial charge in [-0.2, -0.15) is 0 Å². The van der Waals surface area contributed by atoms with E-state index in [-0.39, 0.29) is 11.3 Å². The summed E-state index contributed by atoms with van der Waals surface area (Å²) in [6.07, 6.45) is 8.86. The second kappa shape index (κ2) is 6.74. The fraction of sp³-hybridized carbons (Fsp3) is 0.955. The number of hydrogen-bond acceptors (Lipinski definition) is 2. The molecule has 3 rings (SSSR count). The Labute approximate surface area is 149 Å². The van der Waals surface area contributed by atoms with Gasteiger partial charge in [-0.15, -0.1) is 0 Å². The quantitative estimate of drug-likeness (QED) is 0.679. The Bertz CT molecular complexity index is 467. The van der Waals surface area contributed by atoms with Crippen molar-refractivity contribution in [2.75, 3.05) is 13.2 Å². The van der Waals surface area contributed by atoms with Crippen LogP contribution in [0.2, 0.25) is 0 Å². The molecule has 138 valence electrons. The third kappa shape index (κ3) is 3.08. The van der Waals surface area contributed by atoms with E-state index >= 15 is 0 Å². The van der Waals surface area contributed by atoms with E-state index in [4.69, 9.17) is 4.74 Å². The Balaban J connectivity index is 1.91. The zero-order valence-electron chi connectivity index (χ0n) is 16.6. The molecule has 7 atom stereocenters. The first-order chi connectivity index (χ1) is 11.3. The normalized spacial score (nSPS) is 47.2. The van der Waals surface area contributed by atoms with Gasteiger partial charge in [-0.1, -0.05) is 40.5 Å². The molecular weight excluding hydrogens is 296 g/mol. The van der Waals surface area contributed by atoms with E-state index in [0.717, 1.165) is 25.6 Å². The molecule has 2 aliphatic carbocycles. The Morgan fingerprint density at radius 1 is 1.21 bits per heavy atom. The summed E-state index contributed by atoms with van der Waals surface area (Å²) in [5, 5.41) is 0. The van der Waals surface area contributed by atoms with Crippen LogP contribution in [-0.4, -0.2) is 19.0 Å². The Kier molecular flexibility index (Phi) is 5.17. The highest BCUT2D eigenvalue weighted by Crippen LogP contribution is 2.63. The lowest BCUT2D eigenvalue weighted by atomic mass is 9.43. The fourth-order valence-corrected chi connectivity index (χ4v) is 7.38. The summed E-state index contributed by atoms with van der Waals surface area (Å²) >= 11 is 0. The molecule has 1 saturated heterocycles. The number of fused-ring (bicyclic) bond motifs is 1. The van der Waals surface area contributed by atoms with Crippen molar-refractivity contribution in [2.45, 2.75) is 79.6 Å². The lowest BCUT2D eigenvalue weighted by Crippen LogP contribution is -2.55. The molecule has 2 nitrogen and oxygen atoms in total. The summed E-state index contributed by atoms with van der Waals surface area (Å²) in [6.45, 7) is 13.6. The molecule has 0 aromatic carbocycles. The Morgan fingerprint density at radius 2 is 1.96 bits per heavy atom. The van der Waals surface area contributed by atoms with Crippen molar-refractivity contribution in [3.8, 4) is 0 Å². The SMILES string of the molecule is CC(=O)C1CC[C@@]2(C)CCCC(C)C2[C@@]1(C)CC(C)C1CCOC1. The first kappa shape index (κ1) is 18.4. The molecule has 0 spiro atoms. The molecule has 1 aliphatic heterocycles. The molecule has 0 aromatic heterocycles. The monoisotopic (exact) mass is 334 g/mol. The zero-order chi connectivity index (χ0) is 17.5. The molecule has 3 aliphatic rings. The van der Waals surface area contributed by atoms with Crippen LogP contribution in [0.3, 0.4) is 0 Å². The van der Waals surface area contributed by atoms with Gasteiger partial charge in [0.2, 0.25) is 0 Å². The van der Waals surface area contributed by atoms with E-state index in [9.17, 15) is 4.79 Å². The maximum atomic E-state index is 12.6. The molecule has 0 amide bonds. The van der Waals surface area contributed by atoms with Crippen LogP contribution >= 0.6 is 0 Å². The zero-order valence-corrected chi connectivity index (χ0v) is 16.6. The number of ketones is 1. The molecule has 0 radical (unpaired) electrons. The van der Waals surface area contributed by atoms with Gasteiger partial charge in [0.25, 0.3) is 0 Å². The van der Waals surface area contributed by atoms with Crippen molar-refractivity contribution in [2.24, 2.45) is 40.4 Å². The van der Waals surface area contributed by atoms with Gasteiger partial charge in [0.15, 0.2) is 0 Å². The van der Waals surface area contributed by atoms with Gasteiger partial charge in [0, 0.05) is 19.1 Å². The van der Waals surface area contributed by atoms with E-state index in [1.165, 1.54) is 38.5 Å². The minimum absolute atomic E-state index is 0.167. The van der Waals surface area contributed by atoms with Crippen LogP contribution < -0.4 is 0 Å². The minimum Gasteiger partial charge on any atom is -0.381 e. The van der Waals surface area contributed by atoms with E-state index in [1.54, 1.807) is 0 Å². The maximum Gasteiger partial charge on any atom is 0.133 e. The Morgan fingerprint density at radius 3 is 2.58 bits per heavy atom. The molecular formula is C22H38O2. The maximum absolute atomic E-state index is 12.6. The van der Waals surface area contributed by atoms with Crippen LogP contribution in [0.1, 0.15) is 79.6 Å². The van der Waals surface area contributed by atoms with Crippen LogP contribution in [0.15, 0.2) is 0 Å². The van der Waals surface area contributed by atoms with Crippen LogP contribution in [-0.2, 0) is 9.53 Å². The summed E-state index contributed by atoms with van der Waals surface area (Å²) in [6, 6.07) is 0. The number of rotatable bonds is 4. The summed E-state index contributed by atoms with van der Waals surface area (Å²) in [7, 11) is 0. The topological polar surface area (TPSA) is 26.3 Å². The number of carbonyl (C=O) groups is 1. The van der Waals surface area contributed by atoms with Crippen LogP contribution in [0.25, 0.3) is 0 Å². The second-order valence-corrected chi connectivity index (χ2v) is 10.0. The van der Waals surface area contributed by atoms with Crippen molar-refractivity contribution in [3.63, 3.8) is 0 Å². The van der Waals surface area contributed by atoms with E-state index in [2.05, 4.69) is 27.7 Å². The van der Waals surface area contributed by atoms with Gasteiger partial charge in [0.05, 0.1) is 0 Å². The van der Waals surface area contributed by atoms with Crippen molar-refractivity contribution < 1.29 is 9.53 Å². The molecule has 24 heavy (non-hydrogen) atoms. The smallest absolute Gasteiger partial charge is 0.133 e. The molecule has 1 heterocycles. The minimum atomic E-state index is 0.167. The van der Waals surface area contributed by atoms with Crippen LogP contribution in [0.4, 0.5) is 0 Å². The predicted octanol–water partition coefficient (Wildman–Crippen LogP) is 5.50. The molecule has 0 aromatic rings.